The summed E-state index contributed by atoms with van der Waals surface area (Å²) in [5, 5.41) is 1.56. The van der Waals surface area contributed by atoms with Crippen LogP contribution in [-0.2, 0) is 15.5 Å². The summed E-state index contributed by atoms with van der Waals surface area (Å²) in [6.07, 6.45) is 5.87. The lowest BCUT2D eigenvalue weighted by Gasteiger charge is -2.35. The molecule has 3 aromatic rings. The molecule has 2 aliphatic heterocycles. The number of halogens is 1. The first-order valence-corrected chi connectivity index (χ1v) is 13.5. The normalized spacial score (nSPS) is 20.4. The molecule has 0 spiro atoms. The lowest BCUT2D eigenvalue weighted by molar-refractivity contribution is -0.0545. The maximum absolute atomic E-state index is 12.5. The summed E-state index contributed by atoms with van der Waals surface area (Å²) >= 11 is 6.36. The Kier molecular flexibility index (Phi) is 6.80. The third-order valence-corrected chi connectivity index (χ3v) is 8.37. The number of aromatic amines is 1. The number of pyridine rings is 1. The number of nitrogens with one attached hydrogen (secondary N) is 1. The average Bonchev–Trinajstić information content (AvgIpc) is 3.22. The number of piperidine rings is 1. The summed E-state index contributed by atoms with van der Waals surface area (Å²) < 4.78 is 19.0. The van der Waals surface area contributed by atoms with Crippen molar-refractivity contribution in [1.82, 2.24) is 19.8 Å². The molecule has 0 radical (unpaired) electrons. The number of likely N-dealkylation sites (tertiary alicyclic amines) is 1. The summed E-state index contributed by atoms with van der Waals surface area (Å²) in [5.74, 6) is 1.16. The van der Waals surface area contributed by atoms with Gasteiger partial charge in [0.05, 0.1) is 28.1 Å². The molecule has 8 heteroatoms. The first-order chi connectivity index (χ1) is 16.4. The van der Waals surface area contributed by atoms with Gasteiger partial charge in [0.2, 0.25) is 0 Å². The first kappa shape index (κ1) is 23.5. The van der Waals surface area contributed by atoms with Crippen molar-refractivity contribution in [3.8, 4) is 0 Å². The Labute approximate surface area is 208 Å². The van der Waals surface area contributed by atoms with Gasteiger partial charge in [-0.1, -0.05) is 30.7 Å². The van der Waals surface area contributed by atoms with Gasteiger partial charge in [0, 0.05) is 46.6 Å². The van der Waals surface area contributed by atoms with E-state index in [9.17, 15) is 4.21 Å². The van der Waals surface area contributed by atoms with E-state index in [1.165, 1.54) is 0 Å². The van der Waals surface area contributed by atoms with Crippen LogP contribution >= 0.6 is 11.6 Å². The van der Waals surface area contributed by atoms with Gasteiger partial charge in [-0.15, -0.1) is 0 Å². The summed E-state index contributed by atoms with van der Waals surface area (Å²) in [7, 11) is 3.20. The molecule has 2 atom stereocenters. The molecule has 1 fully saturated rings. The van der Waals surface area contributed by atoms with Gasteiger partial charge in [0.15, 0.2) is 6.23 Å². The van der Waals surface area contributed by atoms with E-state index < -0.39 is 10.8 Å². The molecule has 4 heterocycles. The number of H-pyrrole nitrogens is 1. The van der Waals surface area contributed by atoms with Crippen LogP contribution in [0.2, 0.25) is 5.02 Å². The van der Waals surface area contributed by atoms with Crippen molar-refractivity contribution in [2.45, 2.75) is 30.9 Å². The van der Waals surface area contributed by atoms with Crippen LogP contribution in [0, 0.1) is 5.92 Å². The Morgan fingerprint density at radius 3 is 2.79 bits per heavy atom. The monoisotopic (exact) mass is 498 g/mol. The van der Waals surface area contributed by atoms with Crippen LogP contribution in [0.25, 0.3) is 16.6 Å². The summed E-state index contributed by atoms with van der Waals surface area (Å²) in [6.45, 7) is 4.90. The molecule has 2 unspecified atom stereocenters. The first-order valence-electron chi connectivity index (χ1n) is 11.8. The van der Waals surface area contributed by atoms with E-state index in [-0.39, 0.29) is 6.23 Å². The van der Waals surface area contributed by atoms with E-state index in [4.69, 9.17) is 16.3 Å². The van der Waals surface area contributed by atoms with Crippen LogP contribution in [0.4, 0.5) is 0 Å². The lowest BCUT2D eigenvalue weighted by atomic mass is 9.93. The number of rotatable bonds is 6. The molecule has 0 saturated carbocycles. The van der Waals surface area contributed by atoms with Crippen molar-refractivity contribution < 1.29 is 8.95 Å². The number of benzene rings is 1. The topological polar surface area (TPSA) is 61.5 Å². The second-order valence-corrected chi connectivity index (χ2v) is 11.4. The average molecular weight is 499 g/mol. The second-order valence-electron chi connectivity index (χ2n) is 9.27. The predicted octanol–water partition coefficient (Wildman–Crippen LogP) is 5.04. The zero-order valence-electron chi connectivity index (χ0n) is 19.9. The summed E-state index contributed by atoms with van der Waals surface area (Å²) in [5.41, 5.74) is 4.89. The minimum Gasteiger partial charge on any atom is -0.352 e. The fourth-order valence-electron chi connectivity index (χ4n) is 4.93. The third kappa shape index (κ3) is 4.54. The molecule has 6 nitrogen and oxygen atoms in total. The van der Waals surface area contributed by atoms with E-state index in [1.807, 2.05) is 38.2 Å². The number of fused-ring (bicyclic) bond motifs is 3. The van der Waals surface area contributed by atoms with E-state index in [0.717, 1.165) is 70.9 Å². The minimum absolute atomic E-state index is 0.237. The fourth-order valence-corrected chi connectivity index (χ4v) is 5.91. The Bertz CT molecular complexity index is 1250. The number of ether oxygens (including phenoxy) is 1. The maximum Gasteiger partial charge on any atom is 0.171 e. The van der Waals surface area contributed by atoms with Crippen LogP contribution in [0.5, 0.6) is 0 Å². The van der Waals surface area contributed by atoms with E-state index in [1.54, 1.807) is 6.20 Å². The largest absolute Gasteiger partial charge is 0.352 e. The fraction of sp³-hybridized carbons (Fsp3) is 0.423. The van der Waals surface area contributed by atoms with Gasteiger partial charge >= 0.3 is 0 Å². The van der Waals surface area contributed by atoms with Crippen LogP contribution in [0.15, 0.2) is 47.6 Å². The molecular formula is C26H31ClN4O2S. The number of aromatic nitrogens is 2. The molecule has 0 bridgehead atoms. The Balaban J connectivity index is 1.54. The molecule has 2 aromatic heterocycles. The number of nitrogens with zero attached hydrogens (tertiary/aromatic N) is 3. The Morgan fingerprint density at radius 2 is 2.03 bits per heavy atom. The van der Waals surface area contributed by atoms with Crippen molar-refractivity contribution in [3.05, 3.63) is 64.6 Å². The van der Waals surface area contributed by atoms with Crippen LogP contribution in [0.3, 0.4) is 0 Å². The van der Waals surface area contributed by atoms with Crippen molar-refractivity contribution in [2.24, 2.45) is 5.92 Å². The van der Waals surface area contributed by atoms with E-state index in [2.05, 4.69) is 39.1 Å². The van der Waals surface area contributed by atoms with Crippen molar-refractivity contribution in [3.63, 3.8) is 0 Å². The quantitative estimate of drug-likeness (QED) is 0.516. The highest BCUT2D eigenvalue weighted by Gasteiger charge is 2.32. The van der Waals surface area contributed by atoms with Crippen LogP contribution < -0.4 is 0 Å². The molecule has 34 heavy (non-hydrogen) atoms. The number of hydrogen-bond donors (Lipinski definition) is 1. The van der Waals surface area contributed by atoms with Gasteiger partial charge < -0.3 is 19.5 Å². The molecular weight excluding hydrogens is 468 g/mol. The van der Waals surface area contributed by atoms with Gasteiger partial charge in [-0.2, -0.15) is 0 Å². The zero-order valence-corrected chi connectivity index (χ0v) is 21.5. The Hall–Kier alpha value is -2.19. The predicted molar refractivity (Wildman–Crippen MR) is 138 cm³/mol. The molecule has 1 aromatic carbocycles. The Morgan fingerprint density at radius 1 is 1.24 bits per heavy atom. The van der Waals surface area contributed by atoms with Gasteiger partial charge in [-0.25, -0.2) is 4.98 Å². The molecule has 180 valence electrons. The van der Waals surface area contributed by atoms with Crippen molar-refractivity contribution in [2.75, 3.05) is 39.5 Å². The highest BCUT2D eigenvalue weighted by molar-refractivity contribution is 7.85. The smallest absolute Gasteiger partial charge is 0.171 e. The number of hydrogen-bond acceptors (Lipinski definition) is 5. The minimum atomic E-state index is -1.02. The van der Waals surface area contributed by atoms with E-state index in [0.29, 0.717) is 16.7 Å². The maximum atomic E-state index is 12.5. The molecule has 2 aliphatic rings. The summed E-state index contributed by atoms with van der Waals surface area (Å²) in [4.78, 5) is 13.4. The zero-order chi connectivity index (χ0) is 23.8. The SMILES string of the molecule is CCS(=O)c1cccc(C2=CN(C)C(OCC3CCN(C)CC3)c3[nH]c4ncc(Cl)cc4c32)c1. The molecule has 0 aliphatic carbocycles. The standard InChI is InChI=1S/C26H31ClN4O2S/c1-4-34(32)20-7-5-6-18(12-20)22-15-31(3)26(33-16-17-8-10-30(2)11-9-17)24-23(22)21-13-19(27)14-28-25(21)29-24/h5-7,12-15,17,26H,4,8-11,16H2,1-3H3,(H,28,29). The van der Waals surface area contributed by atoms with Gasteiger partial charge in [0.1, 0.15) is 5.65 Å². The van der Waals surface area contributed by atoms with E-state index >= 15 is 0 Å². The van der Waals surface area contributed by atoms with Crippen molar-refractivity contribution in [1.29, 1.82) is 0 Å². The third-order valence-electron chi connectivity index (χ3n) is 6.86. The molecule has 1 N–H and O–H groups in total. The highest BCUT2D eigenvalue weighted by atomic mass is 35.5. The van der Waals surface area contributed by atoms with Crippen LogP contribution in [0.1, 0.15) is 42.8 Å². The lowest BCUT2D eigenvalue weighted by Crippen LogP contribution is -2.34. The molecule has 1 saturated heterocycles. The van der Waals surface area contributed by atoms with Crippen LogP contribution in [-0.4, -0.2) is 63.5 Å². The van der Waals surface area contributed by atoms with Crippen molar-refractivity contribution >= 4 is 39.0 Å². The second kappa shape index (κ2) is 9.82. The van der Waals surface area contributed by atoms with Gasteiger partial charge in [-0.05, 0) is 62.7 Å². The molecule has 0 amide bonds. The molecule has 5 rings (SSSR count). The van der Waals surface area contributed by atoms with Gasteiger partial charge in [0.25, 0.3) is 0 Å². The highest BCUT2D eigenvalue weighted by Crippen LogP contribution is 2.42. The summed E-state index contributed by atoms with van der Waals surface area (Å²) in [6, 6.07) is 9.95. The van der Waals surface area contributed by atoms with Gasteiger partial charge in [-0.3, -0.25) is 4.21 Å².